The lowest BCUT2D eigenvalue weighted by Gasteiger charge is -2.26. The lowest BCUT2D eigenvalue weighted by molar-refractivity contribution is 0.106. The van der Waals surface area contributed by atoms with Crippen LogP contribution in [0.25, 0.3) is 0 Å². The van der Waals surface area contributed by atoms with Crippen LogP contribution in [0.2, 0.25) is 0 Å². The van der Waals surface area contributed by atoms with Crippen molar-refractivity contribution in [1.82, 2.24) is 10.2 Å². The molecule has 21 heavy (non-hydrogen) atoms. The number of aliphatic hydroxyl groups is 1. The van der Waals surface area contributed by atoms with Crippen molar-refractivity contribution in [2.75, 3.05) is 50.8 Å². The number of aliphatic hydroxyl groups excluding tert-OH is 1. The van der Waals surface area contributed by atoms with E-state index in [4.69, 9.17) is 4.74 Å². The first-order valence-corrected chi connectivity index (χ1v) is 9.26. The lowest BCUT2D eigenvalue weighted by atomic mass is 10.3. The predicted octanol–water partition coefficient (Wildman–Crippen LogP) is 1.83. The normalized spacial score (nSPS) is 17.6. The number of nitrogens with one attached hydrogen (secondary N) is 1. The van der Waals surface area contributed by atoms with Crippen LogP contribution in [0.5, 0.6) is 5.75 Å². The summed E-state index contributed by atoms with van der Waals surface area (Å²) in [6.07, 6.45) is -0.481. The van der Waals surface area contributed by atoms with Crippen LogP contribution in [-0.2, 0) is 0 Å². The minimum absolute atomic E-state index is 0.314. The van der Waals surface area contributed by atoms with Crippen LogP contribution < -0.4 is 10.1 Å². The Morgan fingerprint density at radius 1 is 1.29 bits per heavy atom. The van der Waals surface area contributed by atoms with Crippen LogP contribution in [-0.4, -0.2) is 66.9 Å². The van der Waals surface area contributed by atoms with E-state index in [1.54, 1.807) is 0 Å². The van der Waals surface area contributed by atoms with Crippen molar-refractivity contribution < 1.29 is 9.84 Å². The molecule has 2 rings (SSSR count). The molecule has 1 fully saturated rings. The van der Waals surface area contributed by atoms with Gasteiger partial charge in [-0.1, -0.05) is 15.9 Å². The smallest absolute Gasteiger partial charge is 0.119 e. The van der Waals surface area contributed by atoms with E-state index in [0.717, 1.165) is 23.3 Å². The number of rotatable bonds is 8. The van der Waals surface area contributed by atoms with Gasteiger partial charge in [-0.3, -0.25) is 0 Å². The molecule has 118 valence electrons. The molecule has 1 atom stereocenters. The molecule has 1 aliphatic rings. The van der Waals surface area contributed by atoms with Gasteiger partial charge in [-0.2, -0.15) is 11.8 Å². The zero-order valence-electron chi connectivity index (χ0n) is 12.1. The minimum atomic E-state index is -0.481. The van der Waals surface area contributed by atoms with E-state index in [-0.39, 0.29) is 0 Å². The van der Waals surface area contributed by atoms with Gasteiger partial charge in [0.1, 0.15) is 18.5 Å². The number of benzene rings is 1. The van der Waals surface area contributed by atoms with Crippen molar-refractivity contribution in [1.29, 1.82) is 0 Å². The lowest BCUT2D eigenvalue weighted by Crippen LogP contribution is -2.40. The summed E-state index contributed by atoms with van der Waals surface area (Å²) < 4.78 is 6.57. The Bertz CT molecular complexity index is 399. The topological polar surface area (TPSA) is 44.7 Å². The number of thioether (sulfide) groups is 1. The minimum Gasteiger partial charge on any atom is -0.491 e. The van der Waals surface area contributed by atoms with Gasteiger partial charge in [-0.05, 0) is 24.3 Å². The van der Waals surface area contributed by atoms with E-state index in [1.165, 1.54) is 24.6 Å². The van der Waals surface area contributed by atoms with Gasteiger partial charge >= 0.3 is 0 Å². The third kappa shape index (κ3) is 7.02. The first kappa shape index (κ1) is 17.1. The van der Waals surface area contributed by atoms with Crippen molar-refractivity contribution >= 4 is 27.7 Å². The quantitative estimate of drug-likeness (QED) is 0.679. The summed E-state index contributed by atoms with van der Waals surface area (Å²) in [5.74, 6) is 3.26. The highest BCUT2D eigenvalue weighted by molar-refractivity contribution is 9.10. The Labute approximate surface area is 139 Å². The molecule has 2 N–H and O–H groups in total. The van der Waals surface area contributed by atoms with Gasteiger partial charge in [0.2, 0.25) is 0 Å². The fourth-order valence-electron chi connectivity index (χ4n) is 2.11. The second-order valence-electron chi connectivity index (χ2n) is 5.08. The zero-order valence-corrected chi connectivity index (χ0v) is 14.5. The van der Waals surface area contributed by atoms with Crippen molar-refractivity contribution in [2.24, 2.45) is 0 Å². The molecular formula is C15H23BrN2O2S. The molecule has 1 aromatic rings. The Kier molecular flexibility index (Phi) is 7.88. The molecule has 4 nitrogen and oxygen atoms in total. The highest BCUT2D eigenvalue weighted by atomic mass is 79.9. The van der Waals surface area contributed by atoms with Gasteiger partial charge in [-0.15, -0.1) is 0 Å². The molecule has 1 aromatic carbocycles. The first-order chi connectivity index (χ1) is 10.2. The molecular weight excluding hydrogens is 352 g/mol. The van der Waals surface area contributed by atoms with Crippen LogP contribution in [0, 0.1) is 0 Å². The third-order valence-corrected chi connectivity index (χ3v) is 4.82. The molecule has 0 amide bonds. The molecule has 0 bridgehead atoms. The highest BCUT2D eigenvalue weighted by Crippen LogP contribution is 2.16. The summed E-state index contributed by atoms with van der Waals surface area (Å²) in [4.78, 5) is 2.47. The average molecular weight is 375 g/mol. The summed E-state index contributed by atoms with van der Waals surface area (Å²) in [5.41, 5.74) is 0. The second-order valence-corrected chi connectivity index (χ2v) is 7.22. The molecule has 1 heterocycles. The molecule has 0 aliphatic carbocycles. The number of ether oxygens (including phenoxy) is 1. The van der Waals surface area contributed by atoms with E-state index in [0.29, 0.717) is 13.2 Å². The molecule has 1 saturated heterocycles. The van der Waals surface area contributed by atoms with Crippen molar-refractivity contribution in [3.8, 4) is 5.75 Å². The first-order valence-electron chi connectivity index (χ1n) is 7.31. The van der Waals surface area contributed by atoms with Crippen LogP contribution >= 0.6 is 27.7 Å². The standard InChI is InChI=1S/C15H23BrN2O2S/c16-13-1-3-15(4-2-13)20-12-14(19)11-17-5-6-18-7-9-21-10-8-18/h1-4,14,17,19H,5-12H2. The van der Waals surface area contributed by atoms with E-state index < -0.39 is 6.10 Å². The van der Waals surface area contributed by atoms with Crippen LogP contribution in [0.3, 0.4) is 0 Å². The Morgan fingerprint density at radius 3 is 2.71 bits per heavy atom. The van der Waals surface area contributed by atoms with Crippen LogP contribution in [0.15, 0.2) is 28.7 Å². The maximum absolute atomic E-state index is 9.89. The predicted molar refractivity (Wildman–Crippen MR) is 92.3 cm³/mol. The fourth-order valence-corrected chi connectivity index (χ4v) is 3.36. The number of hydrogen-bond acceptors (Lipinski definition) is 5. The van der Waals surface area contributed by atoms with Crippen molar-refractivity contribution in [3.63, 3.8) is 0 Å². The summed E-state index contributed by atoms with van der Waals surface area (Å²) in [7, 11) is 0. The zero-order chi connectivity index (χ0) is 14.9. The van der Waals surface area contributed by atoms with Gasteiger partial charge in [0.15, 0.2) is 0 Å². The van der Waals surface area contributed by atoms with Gasteiger partial charge in [0.05, 0.1) is 0 Å². The van der Waals surface area contributed by atoms with E-state index >= 15 is 0 Å². The van der Waals surface area contributed by atoms with E-state index in [9.17, 15) is 5.11 Å². The number of halogens is 1. The molecule has 0 radical (unpaired) electrons. The summed E-state index contributed by atoms with van der Waals surface area (Å²) in [5, 5.41) is 13.2. The van der Waals surface area contributed by atoms with Gasteiger partial charge in [-0.25, -0.2) is 0 Å². The summed E-state index contributed by atoms with van der Waals surface area (Å²) in [6.45, 7) is 5.22. The maximum Gasteiger partial charge on any atom is 0.119 e. The Morgan fingerprint density at radius 2 is 2.00 bits per heavy atom. The molecule has 6 heteroatoms. The van der Waals surface area contributed by atoms with Crippen LogP contribution in [0.4, 0.5) is 0 Å². The third-order valence-electron chi connectivity index (χ3n) is 3.34. The highest BCUT2D eigenvalue weighted by Gasteiger charge is 2.10. The van der Waals surface area contributed by atoms with E-state index in [2.05, 4.69) is 26.1 Å². The molecule has 1 unspecified atom stereocenters. The number of hydrogen-bond donors (Lipinski definition) is 2. The Balaban J connectivity index is 1.52. The van der Waals surface area contributed by atoms with Gasteiger partial charge < -0.3 is 20.1 Å². The van der Waals surface area contributed by atoms with E-state index in [1.807, 2.05) is 36.0 Å². The SMILES string of the molecule is OC(CNCCN1CCSCC1)COc1ccc(Br)cc1. The van der Waals surface area contributed by atoms with Gasteiger partial charge in [0.25, 0.3) is 0 Å². The molecule has 0 spiro atoms. The monoisotopic (exact) mass is 374 g/mol. The summed E-state index contributed by atoms with van der Waals surface area (Å²) >= 11 is 5.41. The van der Waals surface area contributed by atoms with Gasteiger partial charge in [0, 0.05) is 48.7 Å². The molecule has 1 aliphatic heterocycles. The molecule has 0 saturated carbocycles. The Hall–Kier alpha value is -0.270. The van der Waals surface area contributed by atoms with Crippen molar-refractivity contribution in [3.05, 3.63) is 28.7 Å². The second kappa shape index (κ2) is 9.69. The number of nitrogens with zero attached hydrogens (tertiary/aromatic N) is 1. The van der Waals surface area contributed by atoms with Crippen molar-refractivity contribution in [2.45, 2.75) is 6.10 Å². The fraction of sp³-hybridized carbons (Fsp3) is 0.600. The molecule has 0 aromatic heterocycles. The average Bonchev–Trinajstić information content (AvgIpc) is 2.52. The van der Waals surface area contributed by atoms with Crippen LogP contribution in [0.1, 0.15) is 0 Å². The maximum atomic E-state index is 9.89. The largest absolute Gasteiger partial charge is 0.491 e. The summed E-state index contributed by atoms with van der Waals surface area (Å²) in [6, 6.07) is 7.63.